The van der Waals surface area contributed by atoms with Gasteiger partial charge in [0.25, 0.3) is 0 Å². The Balaban J connectivity index is 2.29. The number of benzene rings is 2. The molecule has 1 amide bonds. The lowest BCUT2D eigenvalue weighted by Crippen LogP contribution is -2.48. The predicted octanol–water partition coefficient (Wildman–Crippen LogP) is 4.33. The highest BCUT2D eigenvalue weighted by molar-refractivity contribution is 7.92. The molecule has 0 aliphatic carbocycles. The third-order valence-electron chi connectivity index (χ3n) is 5.30. The lowest BCUT2D eigenvalue weighted by molar-refractivity contribution is -0.122. The summed E-state index contributed by atoms with van der Waals surface area (Å²) in [5.41, 5.74) is 3.41. The number of anilines is 1. The first-order chi connectivity index (χ1) is 14.3. The number of carbonyl (C=O) groups is 1. The third kappa shape index (κ3) is 6.00. The number of amides is 1. The molecule has 1 N–H and O–H groups in total. The van der Waals surface area contributed by atoms with E-state index in [9.17, 15) is 13.2 Å². The fraction of sp³-hybridized carbons (Fsp3) is 0.458. The van der Waals surface area contributed by atoms with E-state index in [1.165, 1.54) is 12.7 Å². The number of ether oxygens (including phenoxy) is 1. The van der Waals surface area contributed by atoms with Crippen LogP contribution in [0.25, 0.3) is 0 Å². The second-order valence-electron chi connectivity index (χ2n) is 9.01. The van der Waals surface area contributed by atoms with Crippen LogP contribution in [0.5, 0.6) is 5.75 Å². The molecule has 0 saturated heterocycles. The van der Waals surface area contributed by atoms with E-state index < -0.39 is 16.1 Å². The topological polar surface area (TPSA) is 75.7 Å². The van der Waals surface area contributed by atoms with Crippen molar-refractivity contribution in [1.29, 1.82) is 0 Å². The number of carbonyl (C=O) groups excluding carboxylic acids is 1. The second-order valence-corrected chi connectivity index (χ2v) is 10.9. The van der Waals surface area contributed by atoms with Crippen LogP contribution in [0.3, 0.4) is 0 Å². The molecule has 2 atom stereocenters. The van der Waals surface area contributed by atoms with Gasteiger partial charge in [0, 0.05) is 0 Å². The molecule has 0 saturated carbocycles. The van der Waals surface area contributed by atoms with Gasteiger partial charge in [0.1, 0.15) is 11.8 Å². The highest BCUT2D eigenvalue weighted by Crippen LogP contribution is 2.33. The van der Waals surface area contributed by atoms with Gasteiger partial charge in [-0.3, -0.25) is 9.10 Å². The quantitative estimate of drug-likeness (QED) is 0.687. The molecule has 6 nitrogen and oxygen atoms in total. The van der Waals surface area contributed by atoms with Crippen molar-refractivity contribution >= 4 is 21.6 Å². The van der Waals surface area contributed by atoms with Crippen molar-refractivity contribution in [2.75, 3.05) is 17.7 Å². The average Bonchev–Trinajstić information content (AvgIpc) is 2.66. The minimum Gasteiger partial charge on any atom is -0.495 e. The van der Waals surface area contributed by atoms with E-state index in [0.29, 0.717) is 11.4 Å². The van der Waals surface area contributed by atoms with E-state index in [1.807, 2.05) is 32.0 Å². The first kappa shape index (κ1) is 24.7. The molecule has 0 aliphatic rings. The van der Waals surface area contributed by atoms with Crippen molar-refractivity contribution in [2.45, 2.75) is 59.0 Å². The zero-order chi connectivity index (χ0) is 23.6. The largest absolute Gasteiger partial charge is 0.495 e. The van der Waals surface area contributed by atoms with E-state index >= 15 is 0 Å². The zero-order valence-corrected chi connectivity index (χ0v) is 20.5. The van der Waals surface area contributed by atoms with E-state index in [1.54, 1.807) is 19.1 Å². The van der Waals surface area contributed by atoms with Crippen LogP contribution in [0.15, 0.2) is 42.5 Å². The van der Waals surface area contributed by atoms with Crippen molar-refractivity contribution in [3.8, 4) is 5.75 Å². The lowest BCUT2D eigenvalue weighted by atomic mass is 9.86. The van der Waals surface area contributed by atoms with Crippen molar-refractivity contribution in [3.63, 3.8) is 0 Å². The van der Waals surface area contributed by atoms with Crippen LogP contribution in [-0.2, 0) is 20.2 Å². The van der Waals surface area contributed by atoms with Gasteiger partial charge in [0.2, 0.25) is 15.9 Å². The summed E-state index contributed by atoms with van der Waals surface area (Å²) in [6.07, 6.45) is 1.09. The van der Waals surface area contributed by atoms with Crippen LogP contribution < -0.4 is 14.4 Å². The summed E-state index contributed by atoms with van der Waals surface area (Å²) in [6.45, 7) is 11.8. The van der Waals surface area contributed by atoms with E-state index in [4.69, 9.17) is 4.74 Å². The average molecular weight is 447 g/mol. The molecule has 0 heterocycles. The molecule has 0 radical (unpaired) electrons. The summed E-state index contributed by atoms with van der Waals surface area (Å²) in [5.74, 6) is 0.00266. The fourth-order valence-corrected chi connectivity index (χ4v) is 4.61. The van der Waals surface area contributed by atoms with Crippen LogP contribution in [-0.4, -0.2) is 33.7 Å². The van der Waals surface area contributed by atoms with Crippen LogP contribution in [0, 0.1) is 6.92 Å². The van der Waals surface area contributed by atoms with Crippen molar-refractivity contribution in [2.24, 2.45) is 0 Å². The molecule has 0 spiro atoms. The van der Waals surface area contributed by atoms with E-state index in [0.717, 1.165) is 21.7 Å². The summed E-state index contributed by atoms with van der Waals surface area (Å²) in [7, 11) is -2.27. The van der Waals surface area contributed by atoms with Crippen LogP contribution in [0.4, 0.5) is 5.69 Å². The first-order valence-electron chi connectivity index (χ1n) is 10.3. The highest BCUT2D eigenvalue weighted by Gasteiger charge is 2.32. The molecule has 170 valence electrons. The third-order valence-corrected chi connectivity index (χ3v) is 6.52. The molecule has 0 aliphatic heterocycles. The number of sulfonamides is 1. The molecule has 7 heteroatoms. The van der Waals surface area contributed by atoms with Gasteiger partial charge in [-0.05, 0) is 55.0 Å². The molecule has 0 unspecified atom stereocenters. The molecule has 2 aromatic carbocycles. The Morgan fingerprint density at radius 3 is 2.13 bits per heavy atom. The first-order valence-corrected chi connectivity index (χ1v) is 12.2. The standard InChI is InChI=1S/C24H34N2O4S/c1-16-9-14-22(30-7)21(15-16)26(31(8,28)29)18(3)23(27)25-17(2)19-10-12-20(13-11-19)24(4,5)6/h9-15,17-18H,1-8H3,(H,25,27)/t17-,18+/m1/s1. The lowest BCUT2D eigenvalue weighted by Gasteiger charge is -2.30. The fourth-order valence-electron chi connectivity index (χ4n) is 3.44. The number of hydrogen-bond acceptors (Lipinski definition) is 4. The van der Waals surface area contributed by atoms with E-state index in [2.05, 4.69) is 38.2 Å². The number of hydrogen-bond donors (Lipinski definition) is 1. The molecular weight excluding hydrogens is 412 g/mol. The summed E-state index contributed by atoms with van der Waals surface area (Å²) in [4.78, 5) is 13.0. The summed E-state index contributed by atoms with van der Waals surface area (Å²) in [5, 5.41) is 2.94. The number of nitrogens with one attached hydrogen (secondary N) is 1. The maximum absolute atomic E-state index is 13.0. The summed E-state index contributed by atoms with van der Waals surface area (Å²) < 4.78 is 31.7. The van der Waals surface area contributed by atoms with Gasteiger partial charge in [-0.2, -0.15) is 0 Å². The van der Waals surface area contributed by atoms with Gasteiger partial charge in [-0.15, -0.1) is 0 Å². The van der Waals surface area contributed by atoms with Crippen LogP contribution >= 0.6 is 0 Å². The number of nitrogens with zero attached hydrogens (tertiary/aromatic N) is 1. The Hall–Kier alpha value is -2.54. The highest BCUT2D eigenvalue weighted by atomic mass is 32.2. The van der Waals surface area contributed by atoms with Crippen LogP contribution in [0.1, 0.15) is 57.4 Å². The maximum Gasteiger partial charge on any atom is 0.244 e. The zero-order valence-electron chi connectivity index (χ0n) is 19.7. The Bertz CT molecular complexity index is 1020. The van der Waals surface area contributed by atoms with Gasteiger partial charge in [-0.1, -0.05) is 51.1 Å². The van der Waals surface area contributed by atoms with Gasteiger partial charge >= 0.3 is 0 Å². The number of aryl methyl sites for hydroxylation is 1. The molecule has 31 heavy (non-hydrogen) atoms. The normalized spacial score (nSPS) is 13.9. The van der Waals surface area contributed by atoms with Gasteiger partial charge < -0.3 is 10.1 Å². The second kappa shape index (κ2) is 9.30. The smallest absolute Gasteiger partial charge is 0.244 e. The van der Waals surface area contributed by atoms with Crippen molar-refractivity contribution < 1.29 is 17.9 Å². The van der Waals surface area contributed by atoms with Crippen LogP contribution in [0.2, 0.25) is 0 Å². The molecule has 0 aromatic heterocycles. The Morgan fingerprint density at radius 2 is 1.65 bits per heavy atom. The SMILES string of the molecule is COc1ccc(C)cc1N([C@@H](C)C(=O)N[C@H](C)c1ccc(C(C)(C)C)cc1)S(C)(=O)=O. The minimum atomic E-state index is -3.74. The Kier molecular flexibility index (Phi) is 7.42. The molecule has 0 fully saturated rings. The molecule has 2 aromatic rings. The van der Waals surface area contributed by atoms with Gasteiger partial charge in [-0.25, -0.2) is 8.42 Å². The summed E-state index contributed by atoms with van der Waals surface area (Å²) >= 11 is 0. The van der Waals surface area contributed by atoms with Crippen molar-refractivity contribution in [3.05, 3.63) is 59.2 Å². The number of rotatable bonds is 7. The Morgan fingerprint density at radius 1 is 1.06 bits per heavy atom. The Labute approximate surface area is 186 Å². The van der Waals surface area contributed by atoms with Crippen molar-refractivity contribution in [1.82, 2.24) is 5.32 Å². The van der Waals surface area contributed by atoms with Gasteiger partial charge in [0.15, 0.2) is 0 Å². The minimum absolute atomic E-state index is 0.0440. The predicted molar refractivity (Wildman–Crippen MR) is 126 cm³/mol. The summed E-state index contributed by atoms with van der Waals surface area (Å²) in [6, 6.07) is 12.1. The monoisotopic (exact) mass is 446 g/mol. The molecule has 2 rings (SSSR count). The van der Waals surface area contributed by atoms with E-state index in [-0.39, 0.29) is 17.4 Å². The van der Waals surface area contributed by atoms with Gasteiger partial charge in [0.05, 0.1) is 25.1 Å². The molecular formula is C24H34N2O4S. The number of methoxy groups -OCH3 is 1. The molecule has 0 bridgehead atoms. The maximum atomic E-state index is 13.0.